The Morgan fingerprint density at radius 2 is 1.79 bits per heavy atom. The number of furan rings is 1. The van der Waals surface area contributed by atoms with E-state index in [1.807, 2.05) is 38.1 Å². The number of ether oxygens (including phenoxy) is 1. The minimum Gasteiger partial charge on any atom is -0.491 e. The number of nitrogens with one attached hydrogen (secondary N) is 2. The summed E-state index contributed by atoms with van der Waals surface area (Å²) in [5, 5.41) is 5.62. The molecule has 0 radical (unpaired) electrons. The Labute approximate surface area is 169 Å². The third-order valence-electron chi connectivity index (χ3n) is 4.12. The van der Waals surface area contributed by atoms with Crippen molar-refractivity contribution < 1.29 is 18.7 Å². The second-order valence-corrected chi connectivity index (χ2v) is 6.83. The van der Waals surface area contributed by atoms with E-state index in [4.69, 9.17) is 9.15 Å². The lowest BCUT2D eigenvalue weighted by Crippen LogP contribution is -2.25. The number of rotatable bonds is 8. The average molecular weight is 392 g/mol. The number of benzene rings is 2. The van der Waals surface area contributed by atoms with Gasteiger partial charge in [-0.25, -0.2) is 0 Å². The zero-order valence-corrected chi connectivity index (χ0v) is 16.5. The quantitative estimate of drug-likeness (QED) is 0.599. The summed E-state index contributed by atoms with van der Waals surface area (Å²) >= 11 is 0. The maximum absolute atomic E-state index is 12.4. The Morgan fingerprint density at radius 3 is 2.48 bits per heavy atom. The molecular formula is C23H24N2O4. The summed E-state index contributed by atoms with van der Waals surface area (Å²) in [6, 6.07) is 17.9. The van der Waals surface area contributed by atoms with Gasteiger partial charge in [-0.3, -0.25) is 9.59 Å². The zero-order valence-electron chi connectivity index (χ0n) is 16.5. The standard InChI is InChI=1S/C23H24N2O4/c1-16(2)29-20-10-8-17(9-11-20)12-13-24-22(26)18-5-3-6-19(15-18)25-23(27)21-7-4-14-28-21/h3-11,14-16H,12-13H2,1-2H3,(H,24,26)(H,25,27). The Bertz CT molecular complexity index is 947. The van der Waals surface area contributed by atoms with E-state index < -0.39 is 0 Å². The number of hydrogen-bond acceptors (Lipinski definition) is 4. The van der Waals surface area contributed by atoms with E-state index in [1.54, 1.807) is 36.4 Å². The smallest absolute Gasteiger partial charge is 0.291 e. The van der Waals surface area contributed by atoms with Crippen molar-refractivity contribution in [2.24, 2.45) is 0 Å². The third-order valence-corrected chi connectivity index (χ3v) is 4.12. The minimum atomic E-state index is -0.363. The van der Waals surface area contributed by atoms with E-state index in [1.165, 1.54) is 6.26 Å². The first-order valence-electron chi connectivity index (χ1n) is 9.50. The summed E-state index contributed by atoms with van der Waals surface area (Å²) in [5.41, 5.74) is 2.11. The molecule has 0 aliphatic carbocycles. The number of amides is 2. The topological polar surface area (TPSA) is 80.6 Å². The van der Waals surface area contributed by atoms with Crippen LogP contribution in [0.25, 0.3) is 0 Å². The first-order chi connectivity index (χ1) is 14.0. The van der Waals surface area contributed by atoms with Crippen LogP contribution in [0, 0.1) is 0 Å². The van der Waals surface area contributed by atoms with Crippen LogP contribution in [0.3, 0.4) is 0 Å². The molecule has 0 aliphatic rings. The van der Waals surface area contributed by atoms with Crippen molar-refractivity contribution in [3.8, 4) is 5.75 Å². The highest BCUT2D eigenvalue weighted by molar-refractivity contribution is 6.03. The van der Waals surface area contributed by atoms with Crippen LogP contribution >= 0.6 is 0 Å². The van der Waals surface area contributed by atoms with Crippen molar-refractivity contribution in [3.05, 3.63) is 83.8 Å². The molecule has 6 heteroatoms. The molecule has 0 spiro atoms. The van der Waals surface area contributed by atoms with Crippen LogP contribution in [0.15, 0.2) is 71.3 Å². The van der Waals surface area contributed by atoms with Crippen molar-refractivity contribution >= 4 is 17.5 Å². The van der Waals surface area contributed by atoms with Crippen molar-refractivity contribution in [1.29, 1.82) is 0 Å². The summed E-state index contributed by atoms with van der Waals surface area (Å²) in [5.74, 6) is 0.488. The summed E-state index contributed by atoms with van der Waals surface area (Å²) in [4.78, 5) is 24.5. The van der Waals surface area contributed by atoms with Gasteiger partial charge in [0.05, 0.1) is 12.4 Å². The molecule has 0 bridgehead atoms. The number of carbonyl (C=O) groups is 2. The van der Waals surface area contributed by atoms with Crippen molar-refractivity contribution in [2.45, 2.75) is 26.4 Å². The van der Waals surface area contributed by atoms with Gasteiger partial charge in [-0.1, -0.05) is 18.2 Å². The summed E-state index contributed by atoms with van der Waals surface area (Å²) in [6.07, 6.45) is 2.28. The molecule has 150 valence electrons. The predicted octanol–water partition coefficient (Wildman–Crippen LogP) is 4.29. The van der Waals surface area contributed by atoms with Gasteiger partial charge in [0.25, 0.3) is 11.8 Å². The molecule has 0 fully saturated rings. The van der Waals surface area contributed by atoms with Gasteiger partial charge in [0.15, 0.2) is 5.76 Å². The summed E-state index contributed by atoms with van der Waals surface area (Å²) < 4.78 is 10.7. The summed E-state index contributed by atoms with van der Waals surface area (Å²) in [7, 11) is 0. The molecule has 0 atom stereocenters. The van der Waals surface area contributed by atoms with Crippen LogP contribution in [-0.4, -0.2) is 24.5 Å². The molecule has 0 saturated carbocycles. The number of carbonyl (C=O) groups excluding carboxylic acids is 2. The average Bonchev–Trinajstić information content (AvgIpc) is 3.24. The molecule has 1 aromatic heterocycles. The summed E-state index contributed by atoms with van der Waals surface area (Å²) in [6.45, 7) is 4.48. The van der Waals surface area contributed by atoms with Gasteiger partial charge in [0.1, 0.15) is 5.75 Å². The molecule has 3 rings (SSSR count). The van der Waals surface area contributed by atoms with Crippen molar-refractivity contribution in [3.63, 3.8) is 0 Å². The fourth-order valence-corrected chi connectivity index (χ4v) is 2.77. The highest BCUT2D eigenvalue weighted by Crippen LogP contribution is 2.15. The zero-order chi connectivity index (χ0) is 20.6. The number of hydrogen-bond donors (Lipinski definition) is 2. The van der Waals surface area contributed by atoms with E-state index in [2.05, 4.69) is 10.6 Å². The molecule has 2 N–H and O–H groups in total. The maximum atomic E-state index is 12.4. The van der Waals surface area contributed by atoms with Crippen molar-refractivity contribution in [1.82, 2.24) is 5.32 Å². The monoisotopic (exact) mass is 392 g/mol. The predicted molar refractivity (Wildman–Crippen MR) is 111 cm³/mol. The lowest BCUT2D eigenvalue weighted by Gasteiger charge is -2.10. The van der Waals surface area contributed by atoms with Gasteiger partial charge >= 0.3 is 0 Å². The first-order valence-corrected chi connectivity index (χ1v) is 9.50. The molecule has 1 heterocycles. The highest BCUT2D eigenvalue weighted by Gasteiger charge is 2.11. The SMILES string of the molecule is CC(C)Oc1ccc(CCNC(=O)c2cccc(NC(=O)c3ccco3)c2)cc1. The highest BCUT2D eigenvalue weighted by atomic mass is 16.5. The van der Waals surface area contributed by atoms with Crippen LogP contribution in [0.5, 0.6) is 5.75 Å². The van der Waals surface area contributed by atoms with Crippen LogP contribution in [0.1, 0.15) is 40.3 Å². The molecule has 0 unspecified atom stereocenters. The third kappa shape index (κ3) is 5.97. The molecule has 0 aliphatic heterocycles. The molecular weight excluding hydrogens is 368 g/mol. The van der Waals surface area contributed by atoms with E-state index in [-0.39, 0.29) is 23.7 Å². The van der Waals surface area contributed by atoms with Gasteiger partial charge in [0, 0.05) is 17.8 Å². The lowest BCUT2D eigenvalue weighted by molar-refractivity contribution is 0.0952. The van der Waals surface area contributed by atoms with Gasteiger partial charge in [-0.05, 0) is 68.3 Å². The Kier molecular flexibility index (Phi) is 6.68. The second kappa shape index (κ2) is 9.59. The van der Waals surface area contributed by atoms with Gasteiger partial charge < -0.3 is 19.8 Å². The van der Waals surface area contributed by atoms with E-state index in [0.717, 1.165) is 11.3 Å². The molecule has 3 aromatic rings. The van der Waals surface area contributed by atoms with Gasteiger partial charge in [-0.15, -0.1) is 0 Å². The van der Waals surface area contributed by atoms with Crippen LogP contribution in [0.2, 0.25) is 0 Å². The van der Waals surface area contributed by atoms with E-state index in [9.17, 15) is 9.59 Å². The minimum absolute atomic E-state index is 0.139. The molecule has 2 amide bonds. The molecule has 0 saturated heterocycles. The van der Waals surface area contributed by atoms with E-state index in [0.29, 0.717) is 24.2 Å². The maximum Gasteiger partial charge on any atom is 0.291 e. The fraction of sp³-hybridized carbons (Fsp3) is 0.217. The molecule has 2 aromatic carbocycles. The van der Waals surface area contributed by atoms with Crippen molar-refractivity contribution in [2.75, 3.05) is 11.9 Å². The Morgan fingerprint density at radius 1 is 1.00 bits per heavy atom. The van der Waals surface area contributed by atoms with E-state index >= 15 is 0 Å². The van der Waals surface area contributed by atoms with Gasteiger partial charge in [0.2, 0.25) is 0 Å². The Hall–Kier alpha value is -3.54. The number of anilines is 1. The van der Waals surface area contributed by atoms with Gasteiger partial charge in [-0.2, -0.15) is 0 Å². The first kappa shape index (κ1) is 20.2. The lowest BCUT2D eigenvalue weighted by atomic mass is 10.1. The largest absolute Gasteiger partial charge is 0.491 e. The molecule has 29 heavy (non-hydrogen) atoms. The normalized spacial score (nSPS) is 10.6. The van der Waals surface area contributed by atoms with Crippen LogP contribution in [0.4, 0.5) is 5.69 Å². The second-order valence-electron chi connectivity index (χ2n) is 6.83. The van der Waals surface area contributed by atoms with Crippen LogP contribution < -0.4 is 15.4 Å². The molecule has 6 nitrogen and oxygen atoms in total. The fourth-order valence-electron chi connectivity index (χ4n) is 2.77. The Balaban J connectivity index is 1.51. The van der Waals surface area contributed by atoms with Crippen LogP contribution in [-0.2, 0) is 6.42 Å².